The summed E-state index contributed by atoms with van der Waals surface area (Å²) in [5, 5.41) is 7.60. The maximum atomic E-state index is 13.9. The first-order valence-electron chi connectivity index (χ1n) is 20.7. The molecule has 2 aliphatic heterocycles. The first-order chi connectivity index (χ1) is 29.6. The number of aromatic amines is 2. The molecule has 314 valence electrons. The normalized spacial score (nSPS) is 17.3. The van der Waals surface area contributed by atoms with Crippen molar-refractivity contribution in [1.29, 1.82) is 0 Å². The first kappa shape index (κ1) is 40.8. The van der Waals surface area contributed by atoms with Gasteiger partial charge in [-0.1, -0.05) is 92.7 Å². The van der Waals surface area contributed by atoms with Crippen molar-refractivity contribution in [2.24, 2.45) is 5.92 Å². The predicted molar refractivity (Wildman–Crippen MR) is 231 cm³/mol. The SMILES string of the molecule is COC(=O)NC(C(=O)N1CCC[C@H]1c1ncc(-c2ccc(-c3ccc4cc(-c5cnc([C@@H]6CCCN6C(=O)C(NC(=O)OC)C(C)C)[nH]5)ccc4c3)cc2)[nH]1)c1ccccc1. The highest BCUT2D eigenvalue weighted by Gasteiger charge is 2.39. The van der Waals surface area contributed by atoms with Crippen LogP contribution in [-0.2, 0) is 19.1 Å². The van der Waals surface area contributed by atoms with Crippen molar-refractivity contribution in [2.45, 2.75) is 63.7 Å². The number of ether oxygens (including phenoxy) is 2. The molecule has 4 heterocycles. The Balaban J connectivity index is 0.942. The van der Waals surface area contributed by atoms with E-state index in [-0.39, 0.29) is 29.8 Å². The number of H-pyrrole nitrogens is 2. The average molecular weight is 823 g/mol. The Morgan fingerprint density at radius 3 is 1.74 bits per heavy atom. The van der Waals surface area contributed by atoms with Gasteiger partial charge in [0.1, 0.15) is 23.7 Å². The van der Waals surface area contributed by atoms with E-state index in [1.807, 2.05) is 55.3 Å². The third kappa shape index (κ3) is 8.56. The summed E-state index contributed by atoms with van der Waals surface area (Å²) in [4.78, 5) is 71.7. The molecule has 4 amide bonds. The number of hydrogen-bond acceptors (Lipinski definition) is 8. The van der Waals surface area contributed by atoms with Crippen LogP contribution in [-0.4, -0.2) is 87.1 Å². The van der Waals surface area contributed by atoms with E-state index in [0.29, 0.717) is 24.5 Å². The van der Waals surface area contributed by atoms with Crippen LogP contribution < -0.4 is 10.6 Å². The maximum absolute atomic E-state index is 13.9. The van der Waals surface area contributed by atoms with E-state index >= 15 is 0 Å². The molecule has 0 bridgehead atoms. The summed E-state index contributed by atoms with van der Waals surface area (Å²) in [6.45, 7) is 4.95. The summed E-state index contributed by atoms with van der Waals surface area (Å²) >= 11 is 0. The largest absolute Gasteiger partial charge is 0.453 e. The Labute approximate surface area is 354 Å². The van der Waals surface area contributed by atoms with E-state index in [1.54, 1.807) is 11.1 Å². The number of carbonyl (C=O) groups is 4. The van der Waals surface area contributed by atoms with Gasteiger partial charge in [0.05, 0.1) is 50.1 Å². The Kier molecular flexibility index (Phi) is 11.9. The van der Waals surface area contributed by atoms with E-state index in [9.17, 15) is 19.2 Å². The number of rotatable bonds is 11. The Morgan fingerprint density at radius 1 is 0.639 bits per heavy atom. The Hall–Kier alpha value is -6.96. The van der Waals surface area contributed by atoms with Gasteiger partial charge < -0.3 is 39.9 Å². The number of alkyl carbamates (subject to hydrolysis) is 2. The van der Waals surface area contributed by atoms with Crippen molar-refractivity contribution in [1.82, 2.24) is 40.4 Å². The van der Waals surface area contributed by atoms with E-state index in [1.165, 1.54) is 14.2 Å². The van der Waals surface area contributed by atoms with Crippen LogP contribution in [0.3, 0.4) is 0 Å². The topological polar surface area (TPSA) is 175 Å². The Bertz CT molecular complexity index is 2530. The highest BCUT2D eigenvalue weighted by atomic mass is 16.5. The van der Waals surface area contributed by atoms with Gasteiger partial charge >= 0.3 is 12.2 Å². The number of imidazole rings is 2. The van der Waals surface area contributed by atoms with Crippen LogP contribution in [0.15, 0.2) is 103 Å². The fourth-order valence-corrected chi connectivity index (χ4v) is 8.52. The van der Waals surface area contributed by atoms with E-state index < -0.39 is 24.3 Å². The molecule has 14 nitrogen and oxygen atoms in total. The van der Waals surface area contributed by atoms with Crippen LogP contribution in [0.2, 0.25) is 0 Å². The number of methoxy groups -OCH3 is 2. The molecule has 2 aliphatic rings. The second-order valence-electron chi connectivity index (χ2n) is 15.9. The fourth-order valence-electron chi connectivity index (χ4n) is 8.52. The quantitative estimate of drug-likeness (QED) is 0.101. The smallest absolute Gasteiger partial charge is 0.407 e. The molecule has 2 unspecified atom stereocenters. The third-order valence-corrected chi connectivity index (χ3v) is 11.8. The van der Waals surface area contributed by atoms with Crippen molar-refractivity contribution in [2.75, 3.05) is 27.3 Å². The summed E-state index contributed by atoms with van der Waals surface area (Å²) in [7, 11) is 2.57. The number of likely N-dealkylation sites (tertiary alicyclic amines) is 2. The van der Waals surface area contributed by atoms with Gasteiger partial charge in [0, 0.05) is 18.7 Å². The lowest BCUT2D eigenvalue weighted by Gasteiger charge is -2.30. The first-order valence-corrected chi connectivity index (χ1v) is 20.7. The second kappa shape index (κ2) is 17.7. The molecule has 0 saturated carbocycles. The van der Waals surface area contributed by atoms with Gasteiger partial charge in [-0.15, -0.1) is 0 Å². The molecule has 4 atom stereocenters. The fraction of sp³-hybridized carbons (Fsp3) is 0.319. The van der Waals surface area contributed by atoms with Crippen molar-refractivity contribution in [3.05, 3.63) is 121 Å². The lowest BCUT2D eigenvalue weighted by Crippen LogP contribution is -2.51. The summed E-state index contributed by atoms with van der Waals surface area (Å²) in [5.74, 6) is 0.972. The van der Waals surface area contributed by atoms with Gasteiger partial charge in [-0.05, 0) is 76.8 Å². The zero-order chi connectivity index (χ0) is 42.6. The van der Waals surface area contributed by atoms with Crippen molar-refractivity contribution >= 4 is 34.8 Å². The number of amides is 4. The number of hydrogen-bond donors (Lipinski definition) is 4. The maximum Gasteiger partial charge on any atom is 0.407 e. The molecule has 2 fully saturated rings. The van der Waals surface area contributed by atoms with Gasteiger partial charge in [-0.3, -0.25) is 9.59 Å². The molecule has 0 aliphatic carbocycles. The van der Waals surface area contributed by atoms with Crippen LogP contribution in [0, 0.1) is 5.92 Å². The minimum atomic E-state index is -0.880. The monoisotopic (exact) mass is 822 g/mol. The van der Waals surface area contributed by atoms with Crippen molar-refractivity contribution in [3.8, 4) is 33.6 Å². The zero-order valence-corrected chi connectivity index (χ0v) is 34.7. The van der Waals surface area contributed by atoms with Crippen molar-refractivity contribution < 1.29 is 28.7 Å². The number of carbonyl (C=O) groups excluding carboxylic acids is 4. The van der Waals surface area contributed by atoms with Crippen LogP contribution >= 0.6 is 0 Å². The highest BCUT2D eigenvalue weighted by molar-refractivity contribution is 5.91. The number of aromatic nitrogens is 4. The van der Waals surface area contributed by atoms with E-state index in [2.05, 4.69) is 81.3 Å². The highest BCUT2D eigenvalue weighted by Crippen LogP contribution is 2.36. The Morgan fingerprint density at radius 2 is 1.15 bits per heavy atom. The minimum Gasteiger partial charge on any atom is -0.453 e. The molecule has 2 saturated heterocycles. The number of nitrogens with one attached hydrogen (secondary N) is 4. The molecule has 0 radical (unpaired) electrons. The lowest BCUT2D eigenvalue weighted by molar-refractivity contribution is -0.135. The van der Waals surface area contributed by atoms with Crippen LogP contribution in [0.4, 0.5) is 9.59 Å². The van der Waals surface area contributed by atoms with Crippen LogP contribution in [0.25, 0.3) is 44.4 Å². The zero-order valence-electron chi connectivity index (χ0n) is 34.7. The molecule has 61 heavy (non-hydrogen) atoms. The average Bonchev–Trinajstić information content (AvgIpc) is 4.14. The molecular formula is C47H50N8O6. The second-order valence-corrected chi connectivity index (χ2v) is 15.9. The molecule has 4 aromatic carbocycles. The summed E-state index contributed by atoms with van der Waals surface area (Å²) in [6, 6.07) is 28.2. The van der Waals surface area contributed by atoms with Gasteiger partial charge in [-0.25, -0.2) is 19.6 Å². The molecule has 2 aromatic heterocycles. The predicted octanol–water partition coefficient (Wildman–Crippen LogP) is 8.09. The van der Waals surface area contributed by atoms with Gasteiger partial charge in [0.2, 0.25) is 5.91 Å². The van der Waals surface area contributed by atoms with Gasteiger partial charge in [0.25, 0.3) is 5.91 Å². The van der Waals surface area contributed by atoms with Crippen LogP contribution in [0.1, 0.15) is 74.9 Å². The molecular weight excluding hydrogens is 773 g/mol. The van der Waals surface area contributed by atoms with Gasteiger partial charge in [-0.2, -0.15) is 0 Å². The summed E-state index contributed by atoms with van der Waals surface area (Å²) in [5.41, 5.74) is 6.52. The van der Waals surface area contributed by atoms with Crippen LogP contribution in [0.5, 0.6) is 0 Å². The van der Waals surface area contributed by atoms with E-state index in [0.717, 1.165) is 75.9 Å². The standard InChI is InChI=1S/C47H50N8O6/c1-28(2)40(52-46(58)60-3)44(56)54-22-8-12-38(54)43-49-27-37(51-43)35-21-20-33-24-32(18-19-34(33)25-35)29-14-16-30(17-15-29)36-26-48-42(50-36)39-13-9-23-55(39)45(57)41(53-47(59)61-4)31-10-6-5-7-11-31/h5-7,10-11,14-21,24-28,38-41H,8-9,12-13,22-23H2,1-4H3,(H,48,50)(H,49,51)(H,52,58)(H,53,59)/t38-,39-,40?,41?/m0/s1. The molecule has 14 heteroatoms. The van der Waals surface area contributed by atoms with E-state index in [4.69, 9.17) is 19.4 Å². The lowest BCUT2D eigenvalue weighted by atomic mass is 9.98. The van der Waals surface area contributed by atoms with Gasteiger partial charge in [0.15, 0.2) is 0 Å². The molecule has 8 rings (SSSR count). The molecule has 6 aromatic rings. The molecule has 0 spiro atoms. The third-order valence-electron chi connectivity index (χ3n) is 11.8. The number of benzene rings is 4. The summed E-state index contributed by atoms with van der Waals surface area (Å²) < 4.78 is 9.60. The number of fused-ring (bicyclic) bond motifs is 1. The van der Waals surface area contributed by atoms with Crippen molar-refractivity contribution in [3.63, 3.8) is 0 Å². The number of nitrogens with zero attached hydrogens (tertiary/aromatic N) is 4. The minimum absolute atomic E-state index is 0.108. The molecule has 4 N–H and O–H groups in total. The summed E-state index contributed by atoms with van der Waals surface area (Å²) in [6.07, 6.45) is 5.53.